The largest absolute Gasteiger partial charge is 0.370 e. The maximum absolute atomic E-state index is 5.93. The number of nitrogens with zero attached hydrogens (tertiary/aromatic N) is 4. The molecule has 0 spiro atoms. The molecule has 4 N–H and O–H groups in total. The van der Waals surface area contributed by atoms with Crippen molar-refractivity contribution >= 4 is 35.9 Å². The van der Waals surface area contributed by atoms with Crippen molar-refractivity contribution in [2.45, 2.75) is 53.4 Å². The Bertz CT molecular complexity index is 293. The van der Waals surface area contributed by atoms with Gasteiger partial charge in [0.15, 0.2) is 11.9 Å². The molecule has 0 aliphatic heterocycles. The Morgan fingerprint density at radius 1 is 0.652 bits per heavy atom. The van der Waals surface area contributed by atoms with Gasteiger partial charge in [0.2, 0.25) is 0 Å². The minimum absolute atomic E-state index is 0. The Morgan fingerprint density at radius 3 is 1.22 bits per heavy atom. The zero-order valence-electron chi connectivity index (χ0n) is 15.4. The van der Waals surface area contributed by atoms with E-state index in [1.807, 2.05) is 0 Å². The van der Waals surface area contributed by atoms with Crippen LogP contribution in [0.25, 0.3) is 0 Å². The number of aliphatic imine (C=N–C) groups is 2. The maximum Gasteiger partial charge on any atom is 0.191 e. The smallest absolute Gasteiger partial charge is 0.191 e. The minimum Gasteiger partial charge on any atom is -0.370 e. The molecule has 0 aliphatic carbocycles. The summed E-state index contributed by atoms with van der Waals surface area (Å²) in [6, 6.07) is 0. The summed E-state index contributed by atoms with van der Waals surface area (Å²) >= 11 is 0. The van der Waals surface area contributed by atoms with Gasteiger partial charge in [-0.2, -0.15) is 0 Å². The Balaban J connectivity index is 0. The molecular weight excluding hydrogens is 403 g/mol. The average Bonchev–Trinajstić information content (AvgIpc) is 2.52. The van der Waals surface area contributed by atoms with E-state index in [1.54, 1.807) is 0 Å². The molecule has 0 amide bonds. The molecule has 7 heteroatoms. The van der Waals surface area contributed by atoms with Crippen molar-refractivity contribution in [3.05, 3.63) is 0 Å². The number of nitrogens with two attached hydrogens (primary N) is 2. The minimum atomic E-state index is 0. The first-order valence-electron chi connectivity index (χ1n) is 8.70. The van der Waals surface area contributed by atoms with Crippen LogP contribution in [0, 0.1) is 0 Å². The monoisotopic (exact) mass is 440 g/mol. The molecule has 0 aliphatic rings. The number of guanidine groups is 2. The molecule has 0 aromatic rings. The lowest BCUT2D eigenvalue weighted by molar-refractivity contribution is 0.456. The highest BCUT2D eigenvalue weighted by Gasteiger charge is 2.02. The highest BCUT2D eigenvalue weighted by molar-refractivity contribution is 14.0. The zero-order chi connectivity index (χ0) is 16.8. The fourth-order valence-electron chi connectivity index (χ4n) is 2.26. The molecular formula is C16H37IN6. The third kappa shape index (κ3) is 11.4. The molecule has 0 bridgehead atoms. The van der Waals surface area contributed by atoms with E-state index >= 15 is 0 Å². The molecule has 0 saturated carbocycles. The summed E-state index contributed by atoms with van der Waals surface area (Å²) < 4.78 is 0. The van der Waals surface area contributed by atoms with Crippen LogP contribution in [-0.2, 0) is 0 Å². The van der Waals surface area contributed by atoms with Crippen LogP contribution in [0.5, 0.6) is 0 Å². The van der Waals surface area contributed by atoms with Crippen LogP contribution in [0.1, 0.15) is 53.4 Å². The van der Waals surface area contributed by atoms with Gasteiger partial charge in [-0.15, -0.1) is 24.0 Å². The van der Waals surface area contributed by atoms with E-state index in [1.165, 1.54) is 0 Å². The Kier molecular flexibility index (Phi) is 17.2. The summed E-state index contributed by atoms with van der Waals surface area (Å²) in [7, 11) is 0. The second-order valence-electron chi connectivity index (χ2n) is 5.24. The molecule has 0 unspecified atom stereocenters. The van der Waals surface area contributed by atoms with Crippen molar-refractivity contribution in [1.82, 2.24) is 9.80 Å². The standard InChI is InChI=1S/C16H36N6.HI/c1-5-21(6-2)15(17)19-13-11-9-10-12-14-20-16(18)22(7-3)8-4;/h5-14H2,1-4H3,(H2,17,19)(H2,18,20);1H. The van der Waals surface area contributed by atoms with Gasteiger partial charge >= 0.3 is 0 Å². The highest BCUT2D eigenvalue weighted by atomic mass is 127. The predicted molar refractivity (Wildman–Crippen MR) is 113 cm³/mol. The third-order valence-electron chi connectivity index (χ3n) is 3.79. The molecule has 6 nitrogen and oxygen atoms in total. The molecule has 0 atom stereocenters. The molecule has 0 rings (SSSR count). The molecule has 138 valence electrons. The van der Waals surface area contributed by atoms with Crippen molar-refractivity contribution in [2.75, 3.05) is 39.3 Å². The third-order valence-corrected chi connectivity index (χ3v) is 3.79. The quantitative estimate of drug-likeness (QED) is 0.224. The molecule has 0 aromatic heterocycles. The molecule has 23 heavy (non-hydrogen) atoms. The zero-order valence-corrected chi connectivity index (χ0v) is 17.8. The van der Waals surface area contributed by atoms with E-state index in [0.717, 1.165) is 65.0 Å². The second kappa shape index (κ2) is 16.1. The van der Waals surface area contributed by atoms with Crippen LogP contribution in [0.4, 0.5) is 0 Å². The SMILES string of the molecule is CCN(CC)C(N)=NCCCCCCN=C(N)N(CC)CC.I. The first-order valence-corrected chi connectivity index (χ1v) is 8.70. The topological polar surface area (TPSA) is 83.2 Å². The number of hydrogen-bond donors (Lipinski definition) is 2. The van der Waals surface area contributed by atoms with Gasteiger partial charge in [-0.25, -0.2) is 0 Å². The van der Waals surface area contributed by atoms with E-state index in [4.69, 9.17) is 11.5 Å². The van der Waals surface area contributed by atoms with Crippen LogP contribution in [-0.4, -0.2) is 61.0 Å². The molecule has 0 saturated heterocycles. The fraction of sp³-hybridized carbons (Fsp3) is 0.875. The van der Waals surface area contributed by atoms with E-state index in [2.05, 4.69) is 47.5 Å². The Labute approximate surface area is 159 Å². The van der Waals surface area contributed by atoms with Gasteiger partial charge in [-0.05, 0) is 40.5 Å². The number of halogens is 1. The van der Waals surface area contributed by atoms with Gasteiger partial charge < -0.3 is 21.3 Å². The lowest BCUT2D eigenvalue weighted by atomic mass is 10.2. The normalized spacial score (nSPS) is 12.0. The van der Waals surface area contributed by atoms with Gasteiger partial charge in [0.1, 0.15) is 0 Å². The van der Waals surface area contributed by atoms with E-state index < -0.39 is 0 Å². The summed E-state index contributed by atoms with van der Waals surface area (Å²) in [6.07, 6.45) is 4.49. The van der Waals surface area contributed by atoms with E-state index in [9.17, 15) is 0 Å². The van der Waals surface area contributed by atoms with Gasteiger partial charge in [-0.3, -0.25) is 9.98 Å². The van der Waals surface area contributed by atoms with Crippen molar-refractivity contribution in [1.29, 1.82) is 0 Å². The van der Waals surface area contributed by atoms with Crippen molar-refractivity contribution in [3.63, 3.8) is 0 Å². The number of hydrogen-bond acceptors (Lipinski definition) is 2. The fourth-order valence-corrected chi connectivity index (χ4v) is 2.26. The Morgan fingerprint density at radius 2 is 0.957 bits per heavy atom. The first-order chi connectivity index (χ1) is 10.6. The van der Waals surface area contributed by atoms with E-state index in [0.29, 0.717) is 11.9 Å². The van der Waals surface area contributed by atoms with Gasteiger partial charge in [0, 0.05) is 39.3 Å². The van der Waals surface area contributed by atoms with Crippen molar-refractivity contribution in [3.8, 4) is 0 Å². The van der Waals surface area contributed by atoms with Gasteiger partial charge in [0.25, 0.3) is 0 Å². The van der Waals surface area contributed by atoms with Crippen LogP contribution in [0.3, 0.4) is 0 Å². The molecule has 0 aromatic carbocycles. The predicted octanol–water partition coefficient (Wildman–Crippen LogP) is 2.48. The van der Waals surface area contributed by atoms with Crippen LogP contribution < -0.4 is 11.5 Å². The number of rotatable bonds is 11. The summed E-state index contributed by atoms with van der Waals surface area (Å²) in [5, 5.41) is 0. The molecule has 0 heterocycles. The van der Waals surface area contributed by atoms with Crippen LogP contribution >= 0.6 is 24.0 Å². The van der Waals surface area contributed by atoms with E-state index in [-0.39, 0.29) is 24.0 Å². The lowest BCUT2D eigenvalue weighted by Gasteiger charge is -2.19. The second-order valence-corrected chi connectivity index (χ2v) is 5.24. The first kappa shape index (κ1) is 24.5. The number of unbranched alkanes of at least 4 members (excludes halogenated alkanes) is 3. The molecule has 0 fully saturated rings. The summed E-state index contributed by atoms with van der Waals surface area (Å²) in [4.78, 5) is 13.0. The molecule has 0 radical (unpaired) electrons. The van der Waals surface area contributed by atoms with Gasteiger partial charge in [0.05, 0.1) is 0 Å². The van der Waals surface area contributed by atoms with Gasteiger partial charge in [-0.1, -0.05) is 12.8 Å². The Hall–Kier alpha value is -0.730. The maximum atomic E-state index is 5.93. The van der Waals surface area contributed by atoms with Crippen molar-refractivity contribution < 1.29 is 0 Å². The summed E-state index contributed by atoms with van der Waals surface area (Å²) in [5.74, 6) is 1.34. The summed E-state index contributed by atoms with van der Waals surface area (Å²) in [6.45, 7) is 13.7. The van der Waals surface area contributed by atoms with Crippen molar-refractivity contribution in [2.24, 2.45) is 21.5 Å². The average molecular weight is 440 g/mol. The lowest BCUT2D eigenvalue weighted by Crippen LogP contribution is -2.37. The van der Waals surface area contributed by atoms with Crippen LogP contribution in [0.15, 0.2) is 9.98 Å². The highest BCUT2D eigenvalue weighted by Crippen LogP contribution is 2.01. The van der Waals surface area contributed by atoms with Crippen LogP contribution in [0.2, 0.25) is 0 Å². The summed E-state index contributed by atoms with van der Waals surface area (Å²) in [5.41, 5.74) is 11.9.